The van der Waals surface area contributed by atoms with Crippen molar-refractivity contribution in [3.63, 3.8) is 0 Å². The van der Waals surface area contributed by atoms with Crippen molar-refractivity contribution >= 4 is 22.6 Å². The van der Waals surface area contributed by atoms with E-state index < -0.39 is 0 Å². The Balaban J connectivity index is 1.92. The van der Waals surface area contributed by atoms with Gasteiger partial charge in [0.05, 0.1) is 12.8 Å². The van der Waals surface area contributed by atoms with Gasteiger partial charge in [-0.2, -0.15) is 0 Å². The highest BCUT2D eigenvalue weighted by atomic mass is 32.1. The van der Waals surface area contributed by atoms with Crippen LogP contribution in [0.4, 0.5) is 0 Å². The van der Waals surface area contributed by atoms with Gasteiger partial charge in [0.2, 0.25) is 0 Å². The van der Waals surface area contributed by atoms with Crippen molar-refractivity contribution < 1.29 is 9.53 Å². The first-order valence-electron chi connectivity index (χ1n) is 8.29. The van der Waals surface area contributed by atoms with E-state index in [1.807, 2.05) is 28.7 Å². The third kappa shape index (κ3) is 2.61. The monoisotopic (exact) mass is 362 g/mol. The molecule has 0 bridgehead atoms. The molecule has 130 valence electrons. The maximum absolute atomic E-state index is 11.9. The fourth-order valence-electron chi connectivity index (χ4n) is 3.24. The highest BCUT2D eigenvalue weighted by Crippen LogP contribution is 2.34. The van der Waals surface area contributed by atoms with Gasteiger partial charge in [0, 0.05) is 16.5 Å². The average molecular weight is 362 g/mol. The normalized spacial score (nSPS) is 11.0. The van der Waals surface area contributed by atoms with Crippen molar-refractivity contribution in [2.24, 2.45) is 0 Å². The number of thiazole rings is 1. The summed E-state index contributed by atoms with van der Waals surface area (Å²) in [6.45, 7) is 4.17. The second kappa shape index (κ2) is 6.42. The number of carbonyl (C=O) groups is 1. The number of methoxy groups -OCH3 is 1. The summed E-state index contributed by atoms with van der Waals surface area (Å²) in [6, 6.07) is 14.0. The molecule has 0 saturated carbocycles. The van der Waals surface area contributed by atoms with Crippen LogP contribution in [0.1, 0.15) is 21.6 Å². The summed E-state index contributed by atoms with van der Waals surface area (Å²) >= 11 is 1.54. The largest absolute Gasteiger partial charge is 0.497 e. The summed E-state index contributed by atoms with van der Waals surface area (Å²) in [6.07, 6.45) is 0.888. The molecule has 0 amide bonds. The third-order valence-electron chi connectivity index (χ3n) is 4.53. The van der Waals surface area contributed by atoms with Crippen LogP contribution in [-0.2, 0) is 0 Å². The van der Waals surface area contributed by atoms with Crippen LogP contribution in [0.15, 0.2) is 47.8 Å². The van der Waals surface area contributed by atoms with E-state index in [1.54, 1.807) is 18.4 Å². The van der Waals surface area contributed by atoms with Crippen molar-refractivity contribution in [2.45, 2.75) is 13.8 Å². The Morgan fingerprint density at radius 1 is 1.12 bits per heavy atom. The second-order valence-electron chi connectivity index (χ2n) is 6.25. The molecule has 0 aliphatic carbocycles. The number of imidazole rings is 1. The van der Waals surface area contributed by atoms with Gasteiger partial charge < -0.3 is 4.74 Å². The van der Waals surface area contributed by atoms with E-state index in [-0.39, 0.29) is 0 Å². The van der Waals surface area contributed by atoms with Crippen LogP contribution in [-0.4, -0.2) is 22.8 Å². The minimum atomic E-state index is 0.571. The first kappa shape index (κ1) is 16.5. The summed E-state index contributed by atoms with van der Waals surface area (Å²) < 4.78 is 7.17. The van der Waals surface area contributed by atoms with Crippen LogP contribution >= 0.6 is 11.3 Å². The van der Waals surface area contributed by atoms with Crippen molar-refractivity contribution in [2.75, 3.05) is 7.11 Å². The number of carbonyl (C=O) groups excluding carboxylic acids is 1. The molecule has 0 N–H and O–H groups in total. The van der Waals surface area contributed by atoms with Crippen molar-refractivity contribution in [1.29, 1.82) is 0 Å². The number of hydrogen-bond acceptors (Lipinski definition) is 4. The first-order valence-corrected chi connectivity index (χ1v) is 9.17. The zero-order valence-corrected chi connectivity index (χ0v) is 15.6. The van der Waals surface area contributed by atoms with Crippen LogP contribution in [0, 0.1) is 13.8 Å². The number of rotatable bonds is 4. The Morgan fingerprint density at radius 3 is 2.54 bits per heavy atom. The molecular weight excluding hydrogens is 344 g/mol. The van der Waals surface area contributed by atoms with Crippen LogP contribution in [0.25, 0.3) is 27.5 Å². The third-order valence-corrected chi connectivity index (χ3v) is 5.36. The molecule has 4 rings (SSSR count). The van der Waals surface area contributed by atoms with E-state index in [9.17, 15) is 4.79 Å². The molecule has 0 aliphatic heterocycles. The molecule has 2 heterocycles. The van der Waals surface area contributed by atoms with Gasteiger partial charge in [0.1, 0.15) is 17.1 Å². The highest BCUT2D eigenvalue weighted by Gasteiger charge is 2.19. The highest BCUT2D eigenvalue weighted by molar-refractivity contribution is 7.15. The molecule has 0 aliphatic rings. The topological polar surface area (TPSA) is 43.6 Å². The molecule has 5 heteroatoms. The summed E-state index contributed by atoms with van der Waals surface area (Å²) in [5, 5.41) is 2.06. The van der Waals surface area contributed by atoms with E-state index in [0.29, 0.717) is 11.4 Å². The number of benzene rings is 2. The van der Waals surface area contributed by atoms with Crippen LogP contribution < -0.4 is 4.74 Å². The maximum Gasteiger partial charge on any atom is 0.195 e. The van der Waals surface area contributed by atoms with Gasteiger partial charge in [0.25, 0.3) is 0 Å². The van der Waals surface area contributed by atoms with E-state index in [4.69, 9.17) is 9.72 Å². The zero-order chi connectivity index (χ0) is 18.3. The molecule has 4 aromatic rings. The van der Waals surface area contributed by atoms with Gasteiger partial charge in [-0.15, -0.1) is 11.3 Å². The molecule has 0 saturated heterocycles. The average Bonchev–Trinajstić information content (AvgIpc) is 3.21. The lowest BCUT2D eigenvalue weighted by Crippen LogP contribution is -1.95. The smallest absolute Gasteiger partial charge is 0.195 e. The minimum Gasteiger partial charge on any atom is -0.497 e. The fourth-order valence-corrected chi connectivity index (χ4v) is 4.14. The molecular formula is C21H18N2O2S. The van der Waals surface area contributed by atoms with Crippen molar-refractivity contribution in [3.8, 4) is 28.3 Å². The molecule has 26 heavy (non-hydrogen) atoms. The SMILES string of the molecule is COc1ccc(-c2nc3scc(-c4ccc(C)cc4C)n3c2C=O)cc1. The summed E-state index contributed by atoms with van der Waals surface area (Å²) in [7, 11) is 1.63. The number of aryl methyl sites for hydroxylation is 2. The fraction of sp³-hybridized carbons (Fsp3) is 0.143. The van der Waals surface area contributed by atoms with Gasteiger partial charge in [-0.05, 0) is 43.7 Å². The summed E-state index contributed by atoms with van der Waals surface area (Å²) in [4.78, 5) is 17.5. The Labute approximate surface area is 155 Å². The molecule has 0 atom stereocenters. The molecule has 2 aromatic heterocycles. The van der Waals surface area contributed by atoms with Gasteiger partial charge in [-0.1, -0.05) is 23.8 Å². The van der Waals surface area contributed by atoms with Crippen molar-refractivity contribution in [1.82, 2.24) is 9.38 Å². The maximum atomic E-state index is 11.9. The van der Waals surface area contributed by atoms with Crippen LogP contribution in [0.3, 0.4) is 0 Å². The van der Waals surface area contributed by atoms with E-state index in [1.165, 1.54) is 11.1 Å². The lowest BCUT2D eigenvalue weighted by Gasteiger charge is -2.07. The predicted molar refractivity (Wildman–Crippen MR) is 105 cm³/mol. The number of ether oxygens (including phenoxy) is 1. The minimum absolute atomic E-state index is 0.571. The number of hydrogen-bond donors (Lipinski definition) is 0. The first-order chi connectivity index (χ1) is 12.6. The molecule has 2 aromatic carbocycles. The van der Waals surface area contributed by atoms with Gasteiger partial charge in [-0.3, -0.25) is 9.20 Å². The van der Waals surface area contributed by atoms with Crippen molar-refractivity contribution in [3.05, 3.63) is 64.7 Å². The zero-order valence-electron chi connectivity index (χ0n) is 14.8. The summed E-state index contributed by atoms with van der Waals surface area (Å²) in [5.74, 6) is 0.776. The van der Waals surface area contributed by atoms with Crippen LogP contribution in [0.5, 0.6) is 5.75 Å². The summed E-state index contributed by atoms with van der Waals surface area (Å²) in [5.41, 5.74) is 6.68. The molecule has 0 spiro atoms. The van der Waals surface area contributed by atoms with Gasteiger partial charge in [-0.25, -0.2) is 4.98 Å². The number of nitrogens with zero attached hydrogens (tertiary/aromatic N) is 2. The Hall–Kier alpha value is -2.92. The number of aromatic nitrogens is 2. The molecule has 0 fully saturated rings. The van der Waals surface area contributed by atoms with Crippen LogP contribution in [0.2, 0.25) is 0 Å². The number of aldehydes is 1. The number of fused-ring (bicyclic) bond motifs is 1. The molecule has 0 radical (unpaired) electrons. The van der Waals surface area contributed by atoms with Gasteiger partial charge >= 0.3 is 0 Å². The lowest BCUT2D eigenvalue weighted by molar-refractivity contribution is 0.111. The van der Waals surface area contributed by atoms with E-state index in [0.717, 1.165) is 33.8 Å². The van der Waals surface area contributed by atoms with Gasteiger partial charge in [0.15, 0.2) is 11.2 Å². The predicted octanol–water partition coefficient (Wildman–Crippen LogP) is 5.17. The standard InChI is InChI=1S/C21H18N2O2S/c1-13-4-9-17(14(2)10-13)19-12-26-21-22-20(18(11-24)23(19)21)15-5-7-16(25-3)8-6-15/h4-12H,1-3H3. The Kier molecular flexibility index (Phi) is 4.09. The van der Waals surface area contributed by atoms with E-state index in [2.05, 4.69) is 37.4 Å². The Bertz CT molecular complexity index is 1110. The second-order valence-corrected chi connectivity index (χ2v) is 7.09. The Morgan fingerprint density at radius 2 is 1.88 bits per heavy atom. The quantitative estimate of drug-likeness (QED) is 0.471. The lowest BCUT2D eigenvalue weighted by atomic mass is 10.0. The molecule has 4 nitrogen and oxygen atoms in total. The molecule has 0 unspecified atom stereocenters. The van der Waals surface area contributed by atoms with E-state index >= 15 is 0 Å².